The van der Waals surface area contributed by atoms with Crippen molar-refractivity contribution in [1.29, 1.82) is 0 Å². The van der Waals surface area contributed by atoms with Gasteiger partial charge in [-0.3, -0.25) is 19.2 Å². The lowest BCUT2D eigenvalue weighted by molar-refractivity contribution is -0.185. The second-order valence-corrected chi connectivity index (χ2v) is 12.0. The Kier molecular flexibility index (Phi) is 6.05. The molecule has 180 valence electrons. The van der Waals surface area contributed by atoms with Crippen molar-refractivity contribution in [1.82, 2.24) is 0 Å². The first-order chi connectivity index (χ1) is 15.3. The van der Waals surface area contributed by atoms with Gasteiger partial charge in [0, 0.05) is 35.6 Å². The van der Waals surface area contributed by atoms with E-state index in [9.17, 15) is 19.2 Å². The van der Waals surface area contributed by atoms with Crippen LogP contribution in [0.15, 0.2) is 22.8 Å². The summed E-state index contributed by atoms with van der Waals surface area (Å²) in [5.41, 5.74) is -0.455. The average Bonchev–Trinajstić information content (AvgIpc) is 3.45. The van der Waals surface area contributed by atoms with Crippen molar-refractivity contribution in [3.8, 4) is 0 Å². The molecule has 33 heavy (non-hydrogen) atoms. The summed E-state index contributed by atoms with van der Waals surface area (Å²) < 4.78 is 5.82. The number of hydrogen-bond donors (Lipinski definition) is 1. The van der Waals surface area contributed by atoms with Crippen molar-refractivity contribution in [2.24, 2.45) is 40.4 Å². The number of Topliss-reactive ketones (excluding diaryl/α,β-unsaturated/α-hetero) is 1. The van der Waals surface area contributed by atoms with Crippen LogP contribution in [0.3, 0.4) is 0 Å². The summed E-state index contributed by atoms with van der Waals surface area (Å²) in [5, 5.41) is 0.574. The van der Waals surface area contributed by atoms with Crippen LogP contribution in [0, 0.1) is 40.4 Å². The molecular weight excluding hydrogens is 460 g/mol. The van der Waals surface area contributed by atoms with Crippen LogP contribution in [0.4, 0.5) is 0 Å². The third-order valence-corrected chi connectivity index (χ3v) is 9.83. The zero-order valence-electron chi connectivity index (χ0n) is 19.9. The zero-order chi connectivity index (χ0) is 24.5. The normalized spacial score (nSPS) is 44.5. The molecule has 0 aromatic carbocycles. The van der Waals surface area contributed by atoms with Gasteiger partial charge < -0.3 is 4.74 Å². The number of rotatable bonds is 2. The quantitative estimate of drug-likeness (QED) is 0.430. The summed E-state index contributed by atoms with van der Waals surface area (Å²) >= 11 is 10.1. The number of ketones is 2. The molecule has 0 N–H and O–H groups in total. The maximum Gasteiger partial charge on any atom is 0.303 e. The van der Waals surface area contributed by atoms with Crippen molar-refractivity contribution in [2.75, 3.05) is 0 Å². The summed E-state index contributed by atoms with van der Waals surface area (Å²) in [6.07, 6.45) is 8.18. The Labute approximate surface area is 206 Å². The lowest BCUT2D eigenvalue weighted by Crippen LogP contribution is -2.58. The Hall–Kier alpha value is -1.40. The van der Waals surface area contributed by atoms with Gasteiger partial charge in [-0.15, -0.1) is 12.6 Å². The van der Waals surface area contributed by atoms with Crippen LogP contribution in [0.1, 0.15) is 66.7 Å². The standard InChI is InChI=1S/C24H29ClO4.C2H4OS/c1-12(26)24(29-13(2)27)8-6-16-14-10-20(25)19-11-21(28)15-9-18(15)23(19,4)17(14)5-7-22(16,24)3;1-2(3)4/h10-11,14-18H,5-9H2,1-4H3;1H3,(H,3,4)/t14-,15+,16-,17-,18-,22-,23-,24-;/m0./s1. The molecule has 0 bridgehead atoms. The molecule has 0 saturated heterocycles. The molecule has 5 aliphatic rings. The second-order valence-electron chi connectivity index (χ2n) is 11.0. The van der Waals surface area contributed by atoms with Crippen LogP contribution in [0.2, 0.25) is 0 Å². The highest BCUT2D eigenvalue weighted by molar-refractivity contribution is 7.96. The minimum atomic E-state index is -1.03. The first-order valence-corrected chi connectivity index (χ1v) is 12.7. The van der Waals surface area contributed by atoms with Crippen LogP contribution >= 0.6 is 24.2 Å². The summed E-state index contributed by atoms with van der Waals surface area (Å²) in [6.45, 7) is 8.81. The predicted molar refractivity (Wildman–Crippen MR) is 129 cm³/mol. The number of thiol groups is 1. The van der Waals surface area contributed by atoms with Gasteiger partial charge in [0.2, 0.25) is 0 Å². The van der Waals surface area contributed by atoms with E-state index in [0.29, 0.717) is 23.3 Å². The molecule has 0 aromatic rings. The monoisotopic (exact) mass is 492 g/mol. The molecule has 5 aliphatic carbocycles. The number of allylic oxidation sites excluding steroid dienone is 4. The molecule has 0 heterocycles. The molecule has 3 fully saturated rings. The summed E-state index contributed by atoms with van der Waals surface area (Å²) in [7, 11) is 0. The maximum atomic E-state index is 12.8. The Morgan fingerprint density at radius 1 is 1.06 bits per heavy atom. The van der Waals surface area contributed by atoms with Crippen molar-refractivity contribution in [3.63, 3.8) is 0 Å². The minimum Gasteiger partial charge on any atom is -0.451 e. The molecule has 0 aliphatic heterocycles. The fourth-order valence-corrected chi connectivity index (χ4v) is 8.43. The summed E-state index contributed by atoms with van der Waals surface area (Å²) in [4.78, 5) is 46.4. The highest BCUT2D eigenvalue weighted by Crippen LogP contribution is 2.72. The topological polar surface area (TPSA) is 77.5 Å². The van der Waals surface area contributed by atoms with Crippen LogP contribution in [-0.4, -0.2) is 28.3 Å². The van der Waals surface area contributed by atoms with Gasteiger partial charge in [0.15, 0.2) is 22.3 Å². The molecule has 0 unspecified atom stereocenters. The molecule has 0 amide bonds. The van der Waals surface area contributed by atoms with E-state index >= 15 is 0 Å². The van der Waals surface area contributed by atoms with Crippen molar-refractivity contribution in [2.45, 2.75) is 72.3 Å². The smallest absolute Gasteiger partial charge is 0.303 e. The number of carbonyl (C=O) groups is 4. The van der Waals surface area contributed by atoms with Crippen LogP contribution < -0.4 is 0 Å². The van der Waals surface area contributed by atoms with Gasteiger partial charge in [0.25, 0.3) is 0 Å². The highest BCUT2D eigenvalue weighted by Gasteiger charge is 2.70. The fraction of sp³-hybridized carbons (Fsp3) is 0.692. The van der Waals surface area contributed by atoms with Gasteiger partial charge in [-0.2, -0.15) is 0 Å². The molecule has 5 rings (SSSR count). The number of esters is 1. The molecule has 0 aromatic heterocycles. The molecule has 5 nitrogen and oxygen atoms in total. The van der Waals surface area contributed by atoms with Crippen molar-refractivity contribution >= 4 is 46.9 Å². The van der Waals surface area contributed by atoms with E-state index in [1.165, 1.54) is 13.8 Å². The Bertz CT molecular complexity index is 997. The first kappa shape index (κ1) is 24.7. The van der Waals surface area contributed by atoms with E-state index in [2.05, 4.69) is 32.6 Å². The average molecular weight is 493 g/mol. The van der Waals surface area contributed by atoms with E-state index in [0.717, 1.165) is 31.3 Å². The number of hydrogen-bond acceptors (Lipinski definition) is 5. The van der Waals surface area contributed by atoms with Crippen LogP contribution in [0.25, 0.3) is 0 Å². The molecule has 3 saturated carbocycles. The lowest BCUT2D eigenvalue weighted by Gasteiger charge is -2.57. The van der Waals surface area contributed by atoms with E-state index in [4.69, 9.17) is 16.3 Å². The largest absolute Gasteiger partial charge is 0.451 e. The van der Waals surface area contributed by atoms with Crippen LogP contribution in [0.5, 0.6) is 0 Å². The second kappa shape index (κ2) is 8.08. The number of carbonyl (C=O) groups excluding carboxylic acids is 4. The first-order valence-electron chi connectivity index (χ1n) is 11.8. The molecule has 0 radical (unpaired) electrons. The van der Waals surface area contributed by atoms with Gasteiger partial charge in [0.05, 0.1) is 0 Å². The van der Waals surface area contributed by atoms with Gasteiger partial charge in [-0.1, -0.05) is 31.5 Å². The predicted octanol–water partition coefficient (Wildman–Crippen LogP) is 5.07. The Morgan fingerprint density at radius 2 is 1.67 bits per heavy atom. The van der Waals surface area contributed by atoms with Gasteiger partial charge in [-0.25, -0.2) is 0 Å². The highest BCUT2D eigenvalue weighted by atomic mass is 35.5. The van der Waals surface area contributed by atoms with E-state index in [1.54, 1.807) is 6.92 Å². The number of fused-ring (bicyclic) bond motifs is 7. The summed E-state index contributed by atoms with van der Waals surface area (Å²) in [5.74, 6) is 1.27. The maximum absolute atomic E-state index is 12.8. The SMILES string of the molecule is CC(=O)O[C@]1(C(C)=O)CC[C@H]2[C@@H]3C=C(Cl)C4=CC(=O)[C@@H]5C[C@@H]5[C@]4(C)[C@H]3CC[C@@]21C.CC(=O)S. The molecular formula is C26H33ClO5S. The third-order valence-electron chi connectivity index (χ3n) is 9.50. The molecule has 8 atom stereocenters. The molecule has 7 heteroatoms. The van der Waals surface area contributed by atoms with Gasteiger partial charge in [0.1, 0.15) is 0 Å². The Morgan fingerprint density at radius 3 is 2.24 bits per heavy atom. The number of ether oxygens (including phenoxy) is 1. The van der Waals surface area contributed by atoms with Crippen molar-refractivity contribution < 1.29 is 23.9 Å². The van der Waals surface area contributed by atoms with Crippen molar-refractivity contribution in [3.05, 3.63) is 22.8 Å². The zero-order valence-corrected chi connectivity index (χ0v) is 21.6. The third kappa shape index (κ3) is 3.50. The van der Waals surface area contributed by atoms with Crippen LogP contribution in [-0.2, 0) is 23.9 Å². The number of halogens is 1. The van der Waals surface area contributed by atoms with E-state index in [-0.39, 0.29) is 51.2 Å². The van der Waals surface area contributed by atoms with Gasteiger partial charge in [-0.05, 0) is 74.3 Å². The molecule has 0 spiro atoms. The summed E-state index contributed by atoms with van der Waals surface area (Å²) in [6, 6.07) is 0. The van der Waals surface area contributed by atoms with E-state index in [1.807, 2.05) is 6.08 Å². The van der Waals surface area contributed by atoms with Gasteiger partial charge >= 0.3 is 5.97 Å². The fourth-order valence-electron chi connectivity index (χ4n) is 8.03. The minimum absolute atomic E-state index is 0.0423. The van der Waals surface area contributed by atoms with E-state index < -0.39 is 5.60 Å². The Balaban J connectivity index is 0.000000601. The lowest BCUT2D eigenvalue weighted by atomic mass is 9.47.